The second kappa shape index (κ2) is 8.14. The van der Waals surface area contributed by atoms with Gasteiger partial charge in [0, 0.05) is 16.7 Å². The molecule has 1 aromatic heterocycles. The van der Waals surface area contributed by atoms with E-state index in [9.17, 15) is 18.3 Å². The van der Waals surface area contributed by atoms with E-state index in [4.69, 9.17) is 4.74 Å². The van der Waals surface area contributed by atoms with Crippen LogP contribution in [-0.2, 0) is 0 Å². The summed E-state index contributed by atoms with van der Waals surface area (Å²) in [5.74, 6) is -0.552. The largest absolute Gasteiger partial charge is 0.497 e. The van der Waals surface area contributed by atoms with Crippen molar-refractivity contribution in [1.29, 1.82) is 0 Å². The van der Waals surface area contributed by atoms with Crippen molar-refractivity contribution in [2.24, 2.45) is 11.0 Å². The molecule has 2 aliphatic rings. The number of aliphatic hydroxyl groups is 1. The van der Waals surface area contributed by atoms with Crippen LogP contribution >= 0.6 is 11.3 Å². The van der Waals surface area contributed by atoms with E-state index in [0.29, 0.717) is 35.0 Å². The van der Waals surface area contributed by atoms with Gasteiger partial charge >= 0.3 is 6.18 Å². The van der Waals surface area contributed by atoms with E-state index in [-0.39, 0.29) is 17.5 Å². The van der Waals surface area contributed by atoms with Gasteiger partial charge in [0.2, 0.25) is 5.13 Å². The van der Waals surface area contributed by atoms with Crippen LogP contribution in [0.25, 0.3) is 11.3 Å². The van der Waals surface area contributed by atoms with Crippen molar-refractivity contribution in [3.05, 3.63) is 65.5 Å². The highest BCUT2D eigenvalue weighted by Gasteiger charge is 2.68. The molecule has 1 N–H and O–H groups in total. The third-order valence-corrected chi connectivity index (χ3v) is 7.27. The molecule has 5 nitrogen and oxygen atoms in total. The maximum atomic E-state index is 14.4. The van der Waals surface area contributed by atoms with Gasteiger partial charge in [-0.1, -0.05) is 30.3 Å². The van der Waals surface area contributed by atoms with Gasteiger partial charge in [0.25, 0.3) is 5.72 Å². The van der Waals surface area contributed by atoms with Gasteiger partial charge in [0.1, 0.15) is 5.75 Å². The zero-order valence-corrected chi connectivity index (χ0v) is 18.6. The Hall–Kier alpha value is -2.91. The molecule has 0 spiro atoms. The number of hydrazone groups is 1. The summed E-state index contributed by atoms with van der Waals surface area (Å²) in [4.78, 5) is 4.40. The average Bonchev–Trinajstić information content (AvgIpc) is 3.43. The molecular weight excluding hydrogens is 451 g/mol. The SMILES string of the molecule is COc1ccc(-c2csc(N3N=C4CC[C@H](c5ccccc5)C[C@H]4[C@@]3(O)C(F)(F)F)n2)cc1. The molecular formula is C24H22F3N3O2S. The minimum absolute atomic E-state index is 0.0128. The molecule has 2 aromatic carbocycles. The first-order valence-electron chi connectivity index (χ1n) is 10.6. The fourth-order valence-corrected chi connectivity index (χ4v) is 5.53. The number of thiazole rings is 1. The molecule has 5 rings (SSSR count). The van der Waals surface area contributed by atoms with Gasteiger partial charge in [-0.25, -0.2) is 4.98 Å². The number of rotatable bonds is 4. The topological polar surface area (TPSA) is 58.0 Å². The summed E-state index contributed by atoms with van der Waals surface area (Å²) in [6, 6.07) is 16.6. The number of hydrogen-bond acceptors (Lipinski definition) is 6. The molecule has 1 aliphatic carbocycles. The maximum absolute atomic E-state index is 14.4. The van der Waals surface area contributed by atoms with Crippen molar-refractivity contribution in [1.82, 2.24) is 4.98 Å². The molecule has 2 heterocycles. The van der Waals surface area contributed by atoms with E-state index < -0.39 is 17.8 Å². The lowest BCUT2D eigenvalue weighted by atomic mass is 9.73. The fourth-order valence-electron chi connectivity index (χ4n) is 4.69. The van der Waals surface area contributed by atoms with E-state index in [1.165, 1.54) is 0 Å². The lowest BCUT2D eigenvalue weighted by Gasteiger charge is -2.39. The first-order chi connectivity index (χ1) is 15.8. The first kappa shape index (κ1) is 21.9. The standard InChI is InChI=1S/C24H22F3N3O2S/c1-32-18-10-7-16(8-11-18)21-14-33-22(28-21)30-23(31,24(25,26)27)19-13-17(9-12-20(19)29-30)15-5-3-2-4-6-15/h2-8,10-11,14,17,19,31H,9,12-13H2,1H3/t17-,19+,23+/m0/s1. The molecule has 0 radical (unpaired) electrons. The molecule has 172 valence electrons. The van der Waals surface area contributed by atoms with Crippen molar-refractivity contribution in [3.63, 3.8) is 0 Å². The van der Waals surface area contributed by atoms with Crippen LogP contribution in [0.2, 0.25) is 0 Å². The predicted molar refractivity (Wildman–Crippen MR) is 122 cm³/mol. The van der Waals surface area contributed by atoms with E-state index >= 15 is 0 Å². The van der Waals surface area contributed by atoms with Crippen molar-refractivity contribution < 1.29 is 23.0 Å². The molecule has 0 amide bonds. The molecule has 3 aromatic rings. The van der Waals surface area contributed by atoms with Gasteiger partial charge < -0.3 is 9.84 Å². The lowest BCUT2D eigenvalue weighted by molar-refractivity contribution is -0.269. The van der Waals surface area contributed by atoms with Gasteiger partial charge in [-0.2, -0.15) is 23.3 Å². The van der Waals surface area contributed by atoms with Gasteiger partial charge in [0.05, 0.1) is 18.7 Å². The normalized spacial score (nSPS) is 25.0. The summed E-state index contributed by atoms with van der Waals surface area (Å²) in [7, 11) is 1.56. The Morgan fingerprint density at radius 1 is 1.12 bits per heavy atom. The molecule has 1 aliphatic heterocycles. The quantitative estimate of drug-likeness (QED) is 0.518. The highest BCUT2D eigenvalue weighted by Crippen LogP contribution is 2.52. The predicted octanol–water partition coefficient (Wildman–Crippen LogP) is 5.83. The number of halogens is 3. The van der Waals surface area contributed by atoms with Crippen LogP contribution in [0.5, 0.6) is 5.75 Å². The zero-order valence-electron chi connectivity index (χ0n) is 17.8. The molecule has 33 heavy (non-hydrogen) atoms. The van der Waals surface area contributed by atoms with Gasteiger partial charge in [0.15, 0.2) is 0 Å². The van der Waals surface area contributed by atoms with Crippen molar-refractivity contribution in [2.75, 3.05) is 12.1 Å². The Bertz CT molecular complexity index is 1160. The average molecular weight is 474 g/mol. The monoisotopic (exact) mass is 473 g/mol. The summed E-state index contributed by atoms with van der Waals surface area (Å²) in [5.41, 5.74) is -0.523. The van der Waals surface area contributed by atoms with Crippen LogP contribution in [0.3, 0.4) is 0 Å². The first-order valence-corrected chi connectivity index (χ1v) is 11.5. The number of hydrogen-bond donors (Lipinski definition) is 1. The number of anilines is 1. The summed E-state index contributed by atoms with van der Waals surface area (Å²) in [5, 5.41) is 17.8. The van der Waals surface area contributed by atoms with Crippen LogP contribution in [0.4, 0.5) is 18.3 Å². The number of methoxy groups -OCH3 is 1. The molecule has 1 fully saturated rings. The summed E-state index contributed by atoms with van der Waals surface area (Å²) in [6.07, 6.45) is -3.65. The van der Waals surface area contributed by atoms with Crippen LogP contribution in [0, 0.1) is 5.92 Å². The minimum Gasteiger partial charge on any atom is -0.497 e. The number of alkyl halides is 3. The minimum atomic E-state index is -4.91. The van der Waals surface area contributed by atoms with Crippen molar-refractivity contribution >= 4 is 22.2 Å². The summed E-state index contributed by atoms with van der Waals surface area (Å²) >= 11 is 1.03. The molecule has 0 saturated heterocycles. The van der Waals surface area contributed by atoms with Crippen LogP contribution in [0.1, 0.15) is 30.7 Å². The Morgan fingerprint density at radius 2 is 1.85 bits per heavy atom. The van der Waals surface area contributed by atoms with E-state index in [1.807, 2.05) is 30.3 Å². The number of ether oxygens (including phenoxy) is 1. The maximum Gasteiger partial charge on any atom is 0.439 e. The van der Waals surface area contributed by atoms with Gasteiger partial charge in [-0.3, -0.25) is 0 Å². The number of nitrogens with zero attached hydrogens (tertiary/aromatic N) is 3. The molecule has 0 unspecified atom stereocenters. The molecule has 1 saturated carbocycles. The summed E-state index contributed by atoms with van der Waals surface area (Å²) in [6.45, 7) is 0. The van der Waals surface area contributed by atoms with E-state index in [1.54, 1.807) is 36.8 Å². The fraction of sp³-hybridized carbons (Fsp3) is 0.333. The number of aromatic nitrogens is 1. The molecule has 3 atom stereocenters. The smallest absolute Gasteiger partial charge is 0.439 e. The second-order valence-corrected chi connectivity index (χ2v) is 9.14. The third kappa shape index (κ3) is 3.69. The van der Waals surface area contributed by atoms with Crippen molar-refractivity contribution in [3.8, 4) is 17.0 Å². The number of fused-ring (bicyclic) bond motifs is 1. The van der Waals surface area contributed by atoms with Crippen LogP contribution in [-0.4, -0.2) is 34.8 Å². The highest BCUT2D eigenvalue weighted by atomic mass is 32.1. The molecule has 0 bridgehead atoms. The lowest BCUT2D eigenvalue weighted by Crippen LogP contribution is -2.60. The van der Waals surface area contributed by atoms with Gasteiger partial charge in [-0.15, -0.1) is 11.3 Å². The Balaban J connectivity index is 1.48. The Labute approximate surface area is 193 Å². The Kier molecular flexibility index (Phi) is 5.41. The van der Waals surface area contributed by atoms with Crippen molar-refractivity contribution in [2.45, 2.75) is 37.1 Å². The summed E-state index contributed by atoms with van der Waals surface area (Å²) < 4.78 is 48.3. The third-order valence-electron chi connectivity index (χ3n) is 6.46. The molecule has 9 heteroatoms. The second-order valence-electron chi connectivity index (χ2n) is 8.31. The van der Waals surface area contributed by atoms with Crippen LogP contribution in [0.15, 0.2) is 65.1 Å². The van der Waals surface area contributed by atoms with Crippen LogP contribution < -0.4 is 9.75 Å². The van der Waals surface area contributed by atoms with E-state index in [2.05, 4.69) is 10.1 Å². The highest BCUT2D eigenvalue weighted by molar-refractivity contribution is 7.14. The zero-order chi connectivity index (χ0) is 23.2. The Morgan fingerprint density at radius 3 is 2.52 bits per heavy atom. The number of benzene rings is 2. The van der Waals surface area contributed by atoms with E-state index in [0.717, 1.165) is 22.5 Å². The van der Waals surface area contributed by atoms with Gasteiger partial charge in [-0.05, 0) is 55.0 Å².